The van der Waals surface area contributed by atoms with E-state index in [0.29, 0.717) is 18.0 Å². The molecule has 178 valence electrons. The number of benzene rings is 2. The number of ether oxygens (including phenoxy) is 1. The van der Waals surface area contributed by atoms with Gasteiger partial charge in [0.05, 0.1) is 18.5 Å². The van der Waals surface area contributed by atoms with Crippen LogP contribution < -0.4 is 14.4 Å². The smallest absolute Gasteiger partial charge is 0.263 e. The first-order valence-electron chi connectivity index (χ1n) is 11.6. The third kappa shape index (κ3) is 6.06. The first-order valence-corrected chi connectivity index (χ1v) is 13.5. The second kappa shape index (κ2) is 10.1. The number of hydrogen-bond donors (Lipinski definition) is 1. The Hall–Kier alpha value is -2.58. The van der Waals surface area contributed by atoms with Gasteiger partial charge in [0.25, 0.3) is 5.91 Å². The molecule has 8 heteroatoms. The maximum Gasteiger partial charge on any atom is 0.263 e. The number of sulfonamides is 1. The van der Waals surface area contributed by atoms with Gasteiger partial charge in [-0.05, 0) is 61.7 Å². The Morgan fingerprint density at radius 3 is 2.36 bits per heavy atom. The molecular weight excluding hydrogens is 438 g/mol. The summed E-state index contributed by atoms with van der Waals surface area (Å²) < 4.78 is 31.8. The van der Waals surface area contributed by atoms with Crippen molar-refractivity contribution in [1.82, 2.24) is 10.2 Å². The van der Waals surface area contributed by atoms with Crippen LogP contribution in [0.3, 0.4) is 0 Å². The van der Waals surface area contributed by atoms with E-state index in [1.165, 1.54) is 35.6 Å². The topological polar surface area (TPSA) is 79.0 Å². The number of hydrogen-bond acceptors (Lipinski definition) is 5. The van der Waals surface area contributed by atoms with Gasteiger partial charge in [-0.2, -0.15) is 0 Å². The lowest BCUT2D eigenvalue weighted by atomic mass is 10.1. The van der Waals surface area contributed by atoms with Crippen molar-refractivity contribution in [2.45, 2.75) is 51.8 Å². The molecule has 0 bridgehead atoms. The highest BCUT2D eigenvalue weighted by molar-refractivity contribution is 7.92. The average molecular weight is 472 g/mol. The summed E-state index contributed by atoms with van der Waals surface area (Å²) in [5.41, 5.74) is 3.67. The summed E-state index contributed by atoms with van der Waals surface area (Å²) in [6.07, 6.45) is 5.44. The molecule has 0 radical (unpaired) electrons. The number of carbonyl (C=O) groups excluding carboxylic acids is 1. The standard InChI is InChI=1S/C25H33N3O4S/c1-19-7-12-23-22(15-19)28(33(2,30)31)18-24(32-23)25(29)26-16-20-8-10-21(11-9-20)17-27-13-5-3-4-6-14-27/h7-12,15,24H,3-6,13-14,16-18H2,1-2H3,(H,26,29). The molecule has 2 aromatic carbocycles. The van der Waals surface area contributed by atoms with Crippen molar-refractivity contribution < 1.29 is 17.9 Å². The van der Waals surface area contributed by atoms with Gasteiger partial charge < -0.3 is 10.1 Å². The molecule has 1 atom stereocenters. The molecule has 1 unspecified atom stereocenters. The molecule has 0 saturated carbocycles. The minimum absolute atomic E-state index is 0.0457. The van der Waals surface area contributed by atoms with Crippen molar-refractivity contribution >= 4 is 21.6 Å². The van der Waals surface area contributed by atoms with E-state index in [-0.39, 0.29) is 12.5 Å². The lowest BCUT2D eigenvalue weighted by Crippen LogP contribution is -2.50. The van der Waals surface area contributed by atoms with Crippen molar-refractivity contribution in [2.24, 2.45) is 0 Å². The van der Waals surface area contributed by atoms with Crippen molar-refractivity contribution in [1.29, 1.82) is 0 Å². The van der Waals surface area contributed by atoms with Crippen LogP contribution in [0.25, 0.3) is 0 Å². The Balaban J connectivity index is 1.36. The lowest BCUT2D eigenvalue weighted by molar-refractivity contribution is -0.127. The van der Waals surface area contributed by atoms with Crippen LogP contribution in [0, 0.1) is 6.92 Å². The molecular formula is C25H33N3O4S. The van der Waals surface area contributed by atoms with Crippen LogP contribution in [-0.2, 0) is 27.9 Å². The van der Waals surface area contributed by atoms with Gasteiger partial charge in [0.15, 0.2) is 6.10 Å². The second-order valence-electron chi connectivity index (χ2n) is 9.10. The van der Waals surface area contributed by atoms with Crippen molar-refractivity contribution in [2.75, 3.05) is 30.2 Å². The molecule has 0 aromatic heterocycles. The molecule has 33 heavy (non-hydrogen) atoms. The Bertz CT molecular complexity index is 1080. The number of nitrogens with one attached hydrogen (secondary N) is 1. The molecule has 7 nitrogen and oxygen atoms in total. The number of amides is 1. The van der Waals surface area contributed by atoms with Crippen LogP contribution in [0.4, 0.5) is 5.69 Å². The molecule has 2 heterocycles. The number of fused-ring (bicyclic) bond motifs is 1. The van der Waals surface area contributed by atoms with Gasteiger partial charge in [0.2, 0.25) is 10.0 Å². The summed E-state index contributed by atoms with van der Waals surface area (Å²) in [7, 11) is -3.54. The molecule has 0 aliphatic carbocycles. The predicted octanol–water partition coefficient (Wildman–Crippen LogP) is 3.21. The molecule has 1 amide bonds. The number of aryl methyl sites for hydroxylation is 1. The number of rotatable bonds is 6. The molecule has 1 N–H and O–H groups in total. The molecule has 2 aromatic rings. The maximum absolute atomic E-state index is 12.8. The monoisotopic (exact) mass is 471 g/mol. The van der Waals surface area contributed by atoms with Crippen LogP contribution in [0.15, 0.2) is 42.5 Å². The molecule has 4 rings (SSSR count). The zero-order valence-corrected chi connectivity index (χ0v) is 20.2. The Morgan fingerprint density at radius 2 is 1.70 bits per heavy atom. The highest BCUT2D eigenvalue weighted by Gasteiger charge is 2.35. The summed E-state index contributed by atoms with van der Waals surface area (Å²) in [5, 5.41) is 2.90. The quantitative estimate of drug-likeness (QED) is 0.700. The number of carbonyl (C=O) groups is 1. The molecule has 1 saturated heterocycles. The van der Waals surface area contributed by atoms with Gasteiger partial charge in [-0.3, -0.25) is 14.0 Å². The van der Waals surface area contributed by atoms with Gasteiger partial charge in [-0.1, -0.05) is 43.2 Å². The highest BCUT2D eigenvalue weighted by atomic mass is 32.2. The molecule has 2 aliphatic heterocycles. The van der Waals surface area contributed by atoms with E-state index >= 15 is 0 Å². The van der Waals surface area contributed by atoms with E-state index < -0.39 is 16.1 Å². The average Bonchev–Trinajstić information content (AvgIpc) is 3.05. The molecule has 0 spiro atoms. The van der Waals surface area contributed by atoms with Crippen LogP contribution in [-0.4, -0.2) is 51.2 Å². The summed E-state index contributed by atoms with van der Waals surface area (Å²) in [4.78, 5) is 15.3. The fraction of sp³-hybridized carbons (Fsp3) is 0.480. The Morgan fingerprint density at radius 1 is 1.03 bits per heavy atom. The largest absolute Gasteiger partial charge is 0.476 e. The van der Waals surface area contributed by atoms with Crippen LogP contribution in [0.5, 0.6) is 5.75 Å². The zero-order valence-electron chi connectivity index (χ0n) is 19.4. The third-order valence-corrected chi connectivity index (χ3v) is 7.42. The van der Waals surface area contributed by atoms with Crippen LogP contribution in [0.1, 0.15) is 42.4 Å². The normalized spacial score (nSPS) is 19.3. The van der Waals surface area contributed by atoms with E-state index in [4.69, 9.17) is 4.74 Å². The van der Waals surface area contributed by atoms with Gasteiger partial charge >= 0.3 is 0 Å². The first-order chi connectivity index (χ1) is 15.8. The van der Waals surface area contributed by atoms with Gasteiger partial charge in [-0.25, -0.2) is 8.42 Å². The summed E-state index contributed by atoms with van der Waals surface area (Å²) in [5.74, 6) is 0.0683. The highest BCUT2D eigenvalue weighted by Crippen LogP contribution is 2.35. The fourth-order valence-corrected chi connectivity index (χ4v) is 5.34. The molecule has 1 fully saturated rings. The van der Waals surface area contributed by atoms with Gasteiger partial charge in [0.1, 0.15) is 5.75 Å². The van der Waals surface area contributed by atoms with Crippen molar-refractivity contribution in [3.63, 3.8) is 0 Å². The second-order valence-corrected chi connectivity index (χ2v) is 11.0. The number of likely N-dealkylation sites (tertiary alicyclic amines) is 1. The van der Waals surface area contributed by atoms with E-state index in [1.54, 1.807) is 12.1 Å². The number of nitrogens with zero attached hydrogens (tertiary/aromatic N) is 2. The summed E-state index contributed by atoms with van der Waals surface area (Å²) in [6.45, 7) is 5.48. The lowest BCUT2D eigenvalue weighted by Gasteiger charge is -2.34. The van der Waals surface area contributed by atoms with Crippen LogP contribution >= 0.6 is 0 Å². The first kappa shape index (κ1) is 23.6. The molecule has 2 aliphatic rings. The van der Waals surface area contributed by atoms with Gasteiger partial charge in [0, 0.05) is 13.1 Å². The Labute approximate surface area is 196 Å². The Kier molecular flexibility index (Phi) is 7.24. The summed E-state index contributed by atoms with van der Waals surface area (Å²) >= 11 is 0. The van der Waals surface area contributed by atoms with Crippen molar-refractivity contribution in [3.05, 3.63) is 59.2 Å². The SMILES string of the molecule is Cc1ccc2c(c1)N(S(C)(=O)=O)CC(C(=O)NCc1ccc(CN3CCCCCC3)cc1)O2. The maximum atomic E-state index is 12.8. The van der Waals surface area contributed by atoms with E-state index in [1.807, 2.05) is 25.1 Å². The van der Waals surface area contributed by atoms with E-state index in [9.17, 15) is 13.2 Å². The summed E-state index contributed by atoms with van der Waals surface area (Å²) in [6, 6.07) is 13.6. The minimum atomic E-state index is -3.54. The minimum Gasteiger partial charge on any atom is -0.476 e. The third-order valence-electron chi connectivity index (χ3n) is 6.27. The van der Waals surface area contributed by atoms with Crippen molar-refractivity contribution in [3.8, 4) is 5.75 Å². The number of anilines is 1. The predicted molar refractivity (Wildman–Crippen MR) is 130 cm³/mol. The van der Waals surface area contributed by atoms with Gasteiger partial charge in [-0.15, -0.1) is 0 Å². The fourth-order valence-electron chi connectivity index (χ4n) is 4.43. The van der Waals surface area contributed by atoms with E-state index in [2.05, 4.69) is 22.3 Å². The van der Waals surface area contributed by atoms with Crippen LogP contribution in [0.2, 0.25) is 0 Å². The van der Waals surface area contributed by atoms with E-state index in [0.717, 1.165) is 37.0 Å². The zero-order chi connectivity index (χ0) is 23.4.